The monoisotopic (exact) mass is 444 g/mol. The molecular weight excluding hydrogens is 405 g/mol. The fourth-order valence-corrected chi connectivity index (χ4v) is 10.4. The van der Waals surface area contributed by atoms with Gasteiger partial charge in [-0.1, -0.05) is 26.7 Å². The minimum absolute atomic E-state index is 0.266. The Morgan fingerprint density at radius 2 is 1.00 bits per heavy atom. The van der Waals surface area contributed by atoms with E-state index in [9.17, 15) is 0 Å². The molecule has 152 valence electrons. The van der Waals surface area contributed by atoms with Crippen LogP contribution < -0.4 is 0 Å². The highest BCUT2D eigenvalue weighted by atomic mass is 32.1. The van der Waals surface area contributed by atoms with Crippen molar-refractivity contribution in [3.05, 3.63) is 0 Å². The van der Waals surface area contributed by atoms with Gasteiger partial charge in [0.15, 0.2) is 0 Å². The summed E-state index contributed by atoms with van der Waals surface area (Å²) in [4.78, 5) is 0. The summed E-state index contributed by atoms with van der Waals surface area (Å²) in [7, 11) is -2.32. The van der Waals surface area contributed by atoms with Crippen LogP contribution in [0.5, 0.6) is 0 Å². The lowest BCUT2D eigenvalue weighted by molar-refractivity contribution is 0.181. The molecule has 0 aromatic heterocycles. The Bertz CT molecular complexity index is 293. The van der Waals surface area contributed by atoms with Gasteiger partial charge < -0.3 is 8.85 Å². The van der Waals surface area contributed by atoms with Crippen LogP contribution in [0.3, 0.4) is 0 Å². The van der Waals surface area contributed by atoms with E-state index in [-0.39, 0.29) is 10.5 Å². The van der Waals surface area contributed by atoms with Gasteiger partial charge in [0, 0.05) is 46.3 Å². The third-order valence-corrected chi connectivity index (χ3v) is 10.5. The van der Waals surface area contributed by atoms with Gasteiger partial charge in [-0.05, 0) is 39.5 Å². The fraction of sp³-hybridized carbons (Fsp3) is 1.00. The minimum atomic E-state index is -2.32. The summed E-state index contributed by atoms with van der Waals surface area (Å²) < 4.78 is 12.5. The lowest BCUT2D eigenvalue weighted by Crippen LogP contribution is -2.46. The first-order chi connectivity index (χ1) is 11.8. The van der Waals surface area contributed by atoms with Crippen LogP contribution in [0.4, 0.5) is 0 Å². The van der Waals surface area contributed by atoms with E-state index in [0.717, 1.165) is 50.6 Å². The molecule has 0 saturated carbocycles. The SMILES string of the molecule is CCCC(S)CC(S)C[Si](CC(S)CC(S)CCC)(OCC)OCC. The number of hydrogen-bond acceptors (Lipinski definition) is 6. The van der Waals surface area contributed by atoms with E-state index < -0.39 is 8.56 Å². The van der Waals surface area contributed by atoms with Crippen LogP contribution in [-0.2, 0) is 8.85 Å². The van der Waals surface area contributed by atoms with Crippen molar-refractivity contribution in [1.82, 2.24) is 0 Å². The van der Waals surface area contributed by atoms with Crippen molar-refractivity contribution in [3.8, 4) is 0 Å². The maximum Gasteiger partial charge on any atom is 0.340 e. The quantitative estimate of drug-likeness (QED) is 0.171. The van der Waals surface area contributed by atoms with Crippen molar-refractivity contribution < 1.29 is 8.85 Å². The second kappa shape index (κ2) is 15.5. The van der Waals surface area contributed by atoms with Crippen molar-refractivity contribution in [1.29, 1.82) is 0 Å². The maximum absolute atomic E-state index is 6.26. The Balaban J connectivity index is 4.90. The molecule has 0 radical (unpaired) electrons. The Morgan fingerprint density at radius 1 is 0.640 bits per heavy atom. The van der Waals surface area contributed by atoms with Crippen LogP contribution >= 0.6 is 50.5 Å². The van der Waals surface area contributed by atoms with E-state index in [0.29, 0.717) is 23.7 Å². The molecule has 0 aromatic carbocycles. The van der Waals surface area contributed by atoms with Crippen LogP contribution in [0, 0.1) is 0 Å². The summed E-state index contributed by atoms with van der Waals surface area (Å²) in [5.74, 6) is 0. The molecule has 7 heteroatoms. The molecule has 4 atom stereocenters. The maximum atomic E-state index is 6.26. The van der Waals surface area contributed by atoms with Crippen molar-refractivity contribution in [2.24, 2.45) is 0 Å². The summed E-state index contributed by atoms with van der Waals surface area (Å²) in [6.45, 7) is 9.88. The molecule has 0 spiro atoms. The predicted molar refractivity (Wildman–Crippen MR) is 129 cm³/mol. The molecule has 2 nitrogen and oxygen atoms in total. The first kappa shape index (κ1) is 26.5. The first-order valence-corrected chi connectivity index (χ1v) is 14.1. The molecule has 0 aromatic rings. The second-order valence-corrected chi connectivity index (χ2v) is 13.0. The molecule has 0 aliphatic heterocycles. The largest absolute Gasteiger partial charge is 0.394 e. The van der Waals surface area contributed by atoms with Crippen molar-refractivity contribution >= 4 is 59.1 Å². The number of hydrogen-bond donors (Lipinski definition) is 4. The van der Waals surface area contributed by atoms with Gasteiger partial charge in [0.25, 0.3) is 0 Å². The Labute approximate surface area is 179 Å². The zero-order chi connectivity index (χ0) is 19.3. The Kier molecular flexibility index (Phi) is 16.4. The summed E-state index contributed by atoms with van der Waals surface area (Å²) in [6, 6.07) is 1.81. The fourth-order valence-electron chi connectivity index (χ4n) is 3.30. The second-order valence-electron chi connectivity index (χ2n) is 6.85. The van der Waals surface area contributed by atoms with E-state index in [2.05, 4.69) is 27.7 Å². The average molecular weight is 445 g/mol. The van der Waals surface area contributed by atoms with E-state index >= 15 is 0 Å². The molecule has 0 N–H and O–H groups in total. The van der Waals surface area contributed by atoms with Crippen LogP contribution in [0.15, 0.2) is 0 Å². The topological polar surface area (TPSA) is 18.5 Å². The molecule has 0 aliphatic rings. The van der Waals surface area contributed by atoms with Crippen molar-refractivity contribution in [2.75, 3.05) is 13.2 Å². The van der Waals surface area contributed by atoms with Gasteiger partial charge in [0.2, 0.25) is 0 Å². The Hall–Kier alpha value is 1.54. The van der Waals surface area contributed by atoms with Gasteiger partial charge in [-0.15, -0.1) is 0 Å². The van der Waals surface area contributed by atoms with Crippen LogP contribution in [0.25, 0.3) is 0 Å². The number of thiol groups is 4. The molecule has 0 rings (SSSR count). The summed E-state index contributed by atoms with van der Waals surface area (Å²) in [5.41, 5.74) is 0. The molecule has 0 saturated heterocycles. The lowest BCUT2D eigenvalue weighted by Gasteiger charge is -2.34. The molecule has 4 unspecified atom stereocenters. The summed E-state index contributed by atoms with van der Waals surface area (Å²) >= 11 is 19.1. The summed E-state index contributed by atoms with van der Waals surface area (Å²) in [5, 5.41) is 1.34. The normalized spacial score (nSPS) is 17.3. The van der Waals surface area contributed by atoms with Crippen LogP contribution in [0.2, 0.25) is 12.1 Å². The van der Waals surface area contributed by atoms with Gasteiger partial charge in [-0.25, -0.2) is 0 Å². The van der Waals surface area contributed by atoms with E-state index in [1.807, 2.05) is 0 Å². The average Bonchev–Trinajstić information content (AvgIpc) is 2.47. The molecule has 0 aliphatic carbocycles. The lowest BCUT2D eigenvalue weighted by atomic mass is 10.1. The Morgan fingerprint density at radius 3 is 1.28 bits per heavy atom. The molecule has 0 heterocycles. The third-order valence-electron chi connectivity index (χ3n) is 4.24. The highest BCUT2D eigenvalue weighted by Crippen LogP contribution is 2.32. The first-order valence-electron chi connectivity index (χ1n) is 9.82. The molecule has 25 heavy (non-hydrogen) atoms. The van der Waals surface area contributed by atoms with Crippen LogP contribution in [0.1, 0.15) is 66.2 Å². The van der Waals surface area contributed by atoms with Crippen molar-refractivity contribution in [3.63, 3.8) is 0 Å². The zero-order valence-corrected chi connectivity index (χ0v) is 21.1. The van der Waals surface area contributed by atoms with Gasteiger partial charge in [0.1, 0.15) is 0 Å². The van der Waals surface area contributed by atoms with Crippen molar-refractivity contribution in [2.45, 2.75) is 99.3 Å². The van der Waals surface area contributed by atoms with Gasteiger partial charge in [0.05, 0.1) is 0 Å². The predicted octanol–water partition coefficient (Wildman–Crippen LogP) is 6.08. The standard InChI is InChI=1S/C18H40O2S4Si/c1-5-9-15(21)11-17(23)13-25(19-7-3,20-8-4)14-18(24)12-16(22)10-6-2/h15-18,21-24H,5-14H2,1-4H3. The molecule has 0 amide bonds. The summed E-state index contributed by atoms with van der Waals surface area (Å²) in [6.07, 6.45) is 6.58. The van der Waals surface area contributed by atoms with Crippen LogP contribution in [-0.4, -0.2) is 42.8 Å². The molecule has 0 fully saturated rings. The number of rotatable bonds is 16. The highest BCUT2D eigenvalue weighted by molar-refractivity contribution is 7.82. The van der Waals surface area contributed by atoms with E-state index in [1.165, 1.54) is 0 Å². The van der Waals surface area contributed by atoms with Gasteiger partial charge in [-0.2, -0.15) is 50.5 Å². The minimum Gasteiger partial charge on any atom is -0.394 e. The van der Waals surface area contributed by atoms with Gasteiger partial charge in [-0.3, -0.25) is 0 Å². The zero-order valence-electron chi connectivity index (χ0n) is 16.5. The molecular formula is C18H40O2S4Si. The third kappa shape index (κ3) is 12.6. The van der Waals surface area contributed by atoms with E-state index in [4.69, 9.17) is 59.4 Å². The van der Waals surface area contributed by atoms with E-state index in [1.54, 1.807) is 0 Å². The molecule has 0 bridgehead atoms. The van der Waals surface area contributed by atoms with Gasteiger partial charge >= 0.3 is 8.56 Å². The highest BCUT2D eigenvalue weighted by Gasteiger charge is 2.41. The smallest absolute Gasteiger partial charge is 0.340 e.